The third-order valence-electron chi connectivity index (χ3n) is 4.40. The van der Waals surface area contributed by atoms with E-state index in [1.807, 2.05) is 42.5 Å². The van der Waals surface area contributed by atoms with Crippen LogP contribution < -0.4 is 24.3 Å². The molecular weight excluding hydrogens is 366 g/mol. The van der Waals surface area contributed by atoms with Crippen molar-refractivity contribution in [2.75, 3.05) is 38.7 Å². The van der Waals surface area contributed by atoms with Gasteiger partial charge in [-0.1, -0.05) is 12.1 Å². The minimum Gasteiger partial charge on any atom is -0.486 e. The summed E-state index contributed by atoms with van der Waals surface area (Å²) in [6, 6.07) is 13.2. The predicted octanol–water partition coefficient (Wildman–Crippen LogP) is 2.39. The Kier molecular flexibility index (Phi) is 5.79. The first-order valence-electron chi connectivity index (χ1n) is 9.17. The Morgan fingerprint density at radius 3 is 2.63 bits per heavy atom. The van der Waals surface area contributed by atoms with E-state index in [4.69, 9.17) is 18.9 Å². The lowest BCUT2D eigenvalue weighted by atomic mass is 10.2. The van der Waals surface area contributed by atoms with E-state index in [9.17, 15) is 4.21 Å². The Bertz CT molecular complexity index is 813. The lowest BCUT2D eigenvalue weighted by molar-refractivity contribution is 0.0906. The van der Waals surface area contributed by atoms with Gasteiger partial charge in [-0.25, -0.2) is 0 Å². The molecule has 2 aliphatic rings. The second-order valence-corrected chi connectivity index (χ2v) is 7.98. The summed E-state index contributed by atoms with van der Waals surface area (Å²) < 4.78 is 35.1. The van der Waals surface area contributed by atoms with E-state index in [1.54, 1.807) is 0 Å². The molecule has 2 aromatic rings. The summed E-state index contributed by atoms with van der Waals surface area (Å²) in [6.45, 7) is 3.10. The van der Waals surface area contributed by atoms with Gasteiger partial charge >= 0.3 is 0 Å². The largest absolute Gasteiger partial charge is 0.486 e. The van der Waals surface area contributed by atoms with Crippen molar-refractivity contribution >= 4 is 10.8 Å². The Morgan fingerprint density at radius 2 is 1.74 bits per heavy atom. The van der Waals surface area contributed by atoms with Crippen molar-refractivity contribution in [1.29, 1.82) is 0 Å². The van der Waals surface area contributed by atoms with Crippen LogP contribution in [0.2, 0.25) is 0 Å². The van der Waals surface area contributed by atoms with Gasteiger partial charge in [-0.3, -0.25) is 4.21 Å². The maximum absolute atomic E-state index is 12.5. The first-order valence-corrected chi connectivity index (χ1v) is 10.5. The van der Waals surface area contributed by atoms with Crippen LogP contribution in [0, 0.1) is 0 Å². The predicted molar refractivity (Wildman–Crippen MR) is 103 cm³/mol. The molecule has 2 atom stereocenters. The molecule has 0 saturated carbocycles. The van der Waals surface area contributed by atoms with Gasteiger partial charge in [-0.05, 0) is 37.2 Å². The van der Waals surface area contributed by atoms with E-state index in [2.05, 4.69) is 5.32 Å². The van der Waals surface area contributed by atoms with Crippen molar-refractivity contribution in [2.24, 2.45) is 0 Å². The minimum atomic E-state index is -1.05. The summed E-state index contributed by atoms with van der Waals surface area (Å²) in [5, 5.41) is 3.36. The zero-order chi connectivity index (χ0) is 18.5. The van der Waals surface area contributed by atoms with Crippen LogP contribution in [0.4, 0.5) is 0 Å². The molecule has 0 radical (unpaired) electrons. The fourth-order valence-corrected chi connectivity index (χ4v) is 4.14. The van der Waals surface area contributed by atoms with Gasteiger partial charge in [0.15, 0.2) is 23.0 Å². The first-order chi connectivity index (χ1) is 13.3. The molecule has 0 bridgehead atoms. The highest BCUT2D eigenvalue weighted by molar-refractivity contribution is 7.85. The van der Waals surface area contributed by atoms with Crippen LogP contribution in [0.15, 0.2) is 47.4 Å². The van der Waals surface area contributed by atoms with E-state index in [1.165, 1.54) is 0 Å². The quantitative estimate of drug-likeness (QED) is 0.734. The zero-order valence-electron chi connectivity index (χ0n) is 15.0. The number of nitrogens with one attached hydrogen (secondary N) is 1. The molecule has 1 N–H and O–H groups in total. The summed E-state index contributed by atoms with van der Waals surface area (Å²) in [5.41, 5.74) is 0. The second-order valence-electron chi connectivity index (χ2n) is 6.41. The molecule has 2 unspecified atom stereocenters. The normalized spacial score (nSPS) is 18.7. The Morgan fingerprint density at radius 1 is 0.963 bits per heavy atom. The van der Waals surface area contributed by atoms with Gasteiger partial charge in [0, 0.05) is 23.3 Å². The molecule has 0 saturated heterocycles. The molecule has 0 amide bonds. The summed E-state index contributed by atoms with van der Waals surface area (Å²) in [4.78, 5) is 0.778. The molecule has 0 aromatic heterocycles. The highest BCUT2D eigenvalue weighted by Gasteiger charge is 2.20. The molecule has 6 nitrogen and oxygen atoms in total. The summed E-state index contributed by atoms with van der Waals surface area (Å²) in [5.74, 6) is 3.58. The molecule has 0 spiro atoms. The monoisotopic (exact) mass is 389 g/mol. The van der Waals surface area contributed by atoms with Crippen molar-refractivity contribution in [2.45, 2.75) is 17.4 Å². The van der Waals surface area contributed by atoms with Gasteiger partial charge in [0.2, 0.25) is 0 Å². The maximum atomic E-state index is 12.5. The molecule has 7 heteroatoms. The lowest BCUT2D eigenvalue weighted by Crippen LogP contribution is -2.38. The van der Waals surface area contributed by atoms with Crippen LogP contribution in [-0.4, -0.2) is 49.0 Å². The van der Waals surface area contributed by atoms with Crippen LogP contribution in [0.25, 0.3) is 0 Å². The van der Waals surface area contributed by atoms with E-state index >= 15 is 0 Å². The third kappa shape index (κ3) is 4.54. The molecule has 0 fully saturated rings. The fourth-order valence-electron chi connectivity index (χ4n) is 3.04. The number of hydrogen-bond donors (Lipinski definition) is 1. The molecule has 4 rings (SSSR count). The van der Waals surface area contributed by atoms with Gasteiger partial charge in [0.25, 0.3) is 0 Å². The maximum Gasteiger partial charge on any atom is 0.162 e. The minimum absolute atomic E-state index is 0.0109. The second kappa shape index (κ2) is 8.63. The van der Waals surface area contributed by atoms with Crippen LogP contribution in [0.1, 0.15) is 6.42 Å². The molecule has 0 aliphatic carbocycles. The third-order valence-corrected chi connectivity index (χ3v) is 5.84. The van der Waals surface area contributed by atoms with Gasteiger partial charge in [-0.2, -0.15) is 0 Å². The van der Waals surface area contributed by atoms with Crippen LogP contribution in [0.5, 0.6) is 23.0 Å². The first kappa shape index (κ1) is 18.1. The number of fused-ring (bicyclic) bond motifs is 2. The van der Waals surface area contributed by atoms with E-state index in [-0.39, 0.29) is 6.10 Å². The molecule has 144 valence electrons. The van der Waals surface area contributed by atoms with Crippen LogP contribution in [0.3, 0.4) is 0 Å². The van der Waals surface area contributed by atoms with Crippen molar-refractivity contribution < 1.29 is 23.2 Å². The number of benzene rings is 2. The van der Waals surface area contributed by atoms with Gasteiger partial charge in [-0.15, -0.1) is 0 Å². The highest BCUT2D eigenvalue weighted by atomic mass is 32.2. The van der Waals surface area contributed by atoms with E-state index in [0.29, 0.717) is 37.9 Å². The molecule has 2 aliphatic heterocycles. The molecular formula is C20H23NO5S. The Balaban J connectivity index is 1.18. The van der Waals surface area contributed by atoms with Crippen molar-refractivity contribution in [1.82, 2.24) is 5.32 Å². The SMILES string of the molecule is O=S(CCCNCC1COc2ccccc2O1)c1ccc2c(c1)OCCO2. The summed E-state index contributed by atoms with van der Waals surface area (Å²) in [7, 11) is -1.05. The van der Waals surface area contributed by atoms with Gasteiger partial charge in [0.1, 0.15) is 25.9 Å². The standard InChI is InChI=1S/C20H23NO5S/c22-27(16-6-7-18-20(12-16)24-10-9-23-18)11-3-8-21-13-15-14-25-17-4-1-2-5-19(17)26-15/h1-2,4-7,12,15,21H,3,8-11,13-14H2. The number of hydrogen-bond acceptors (Lipinski definition) is 6. The highest BCUT2D eigenvalue weighted by Crippen LogP contribution is 2.32. The van der Waals surface area contributed by atoms with Crippen molar-refractivity contribution in [3.8, 4) is 23.0 Å². The van der Waals surface area contributed by atoms with Gasteiger partial charge in [0.05, 0.1) is 10.8 Å². The number of rotatable bonds is 7. The summed E-state index contributed by atoms with van der Waals surface area (Å²) in [6.07, 6.45) is 0.800. The van der Waals surface area contributed by atoms with E-state index < -0.39 is 10.8 Å². The summed E-state index contributed by atoms with van der Waals surface area (Å²) >= 11 is 0. The Labute approximate surface area is 161 Å². The van der Waals surface area contributed by atoms with Crippen LogP contribution in [-0.2, 0) is 10.8 Å². The molecule has 2 aromatic carbocycles. The fraction of sp³-hybridized carbons (Fsp3) is 0.400. The molecule has 27 heavy (non-hydrogen) atoms. The van der Waals surface area contributed by atoms with Gasteiger partial charge < -0.3 is 24.3 Å². The number of para-hydroxylation sites is 2. The lowest BCUT2D eigenvalue weighted by Gasteiger charge is -2.26. The topological polar surface area (TPSA) is 66.0 Å². The van der Waals surface area contributed by atoms with Crippen molar-refractivity contribution in [3.63, 3.8) is 0 Å². The smallest absolute Gasteiger partial charge is 0.162 e. The van der Waals surface area contributed by atoms with Crippen LogP contribution >= 0.6 is 0 Å². The molecule has 2 heterocycles. The van der Waals surface area contributed by atoms with Crippen molar-refractivity contribution in [3.05, 3.63) is 42.5 Å². The average Bonchev–Trinajstić information content (AvgIpc) is 2.73. The average molecular weight is 389 g/mol. The number of ether oxygens (including phenoxy) is 4. The zero-order valence-corrected chi connectivity index (χ0v) is 15.8. The van der Waals surface area contributed by atoms with E-state index in [0.717, 1.165) is 35.1 Å². The Hall–Kier alpha value is -2.25.